The second-order valence-electron chi connectivity index (χ2n) is 8.23. The molecule has 4 aromatic carbocycles. The number of sulfonamides is 1. The summed E-state index contributed by atoms with van der Waals surface area (Å²) in [6.07, 6.45) is 1.52. The molecule has 176 valence electrons. The van der Waals surface area contributed by atoms with Crippen molar-refractivity contribution in [3.8, 4) is 11.5 Å². The van der Waals surface area contributed by atoms with Crippen LogP contribution in [-0.2, 0) is 16.4 Å². The average Bonchev–Trinajstić information content (AvgIpc) is 2.90. The number of benzene rings is 4. The first kappa shape index (κ1) is 22.7. The molecule has 0 saturated heterocycles. The standard InChI is InChI=1S/C28H24N2O4S/c31-28(22-14-17-25(18-15-22)34-24-9-3-1-4-10-24)29-23-16-13-21-8-7-19-30(27(21)20-23)35(32,33)26-11-5-2-6-12-26/h1-6,9-18,20H,7-8,19H2,(H,29,31). The SMILES string of the molecule is O=C(Nc1ccc2c(c1)N(S(=O)(=O)c1ccccc1)CCC2)c1ccc(Oc2ccccc2)cc1. The van der Waals surface area contributed by atoms with Gasteiger partial charge in [-0.2, -0.15) is 0 Å². The van der Waals surface area contributed by atoms with Gasteiger partial charge >= 0.3 is 0 Å². The van der Waals surface area contributed by atoms with Crippen LogP contribution in [0.3, 0.4) is 0 Å². The minimum Gasteiger partial charge on any atom is -0.457 e. The summed E-state index contributed by atoms with van der Waals surface area (Å²) in [6, 6.07) is 30.1. The van der Waals surface area contributed by atoms with Gasteiger partial charge in [-0.3, -0.25) is 9.10 Å². The molecule has 0 aliphatic carbocycles. The highest BCUT2D eigenvalue weighted by atomic mass is 32.2. The number of para-hydroxylation sites is 1. The van der Waals surface area contributed by atoms with E-state index in [4.69, 9.17) is 4.74 Å². The summed E-state index contributed by atoms with van der Waals surface area (Å²) in [5.74, 6) is 1.06. The van der Waals surface area contributed by atoms with Crippen LogP contribution in [0.25, 0.3) is 0 Å². The van der Waals surface area contributed by atoms with Crippen molar-refractivity contribution in [2.75, 3.05) is 16.2 Å². The Bertz CT molecular complexity index is 1440. The molecule has 0 unspecified atom stereocenters. The van der Waals surface area contributed by atoms with Crippen molar-refractivity contribution in [3.63, 3.8) is 0 Å². The van der Waals surface area contributed by atoms with Crippen molar-refractivity contribution in [1.82, 2.24) is 0 Å². The van der Waals surface area contributed by atoms with Gasteiger partial charge in [-0.1, -0.05) is 42.5 Å². The predicted molar refractivity (Wildman–Crippen MR) is 137 cm³/mol. The van der Waals surface area contributed by atoms with Gasteiger partial charge in [-0.05, 0) is 79.1 Å². The van der Waals surface area contributed by atoms with E-state index in [0.29, 0.717) is 35.0 Å². The third-order valence-electron chi connectivity index (χ3n) is 5.85. The number of hydrogen-bond acceptors (Lipinski definition) is 4. The summed E-state index contributed by atoms with van der Waals surface area (Å²) >= 11 is 0. The predicted octanol–water partition coefficient (Wildman–Crippen LogP) is 5.87. The van der Waals surface area contributed by atoms with Crippen LogP contribution in [0.4, 0.5) is 11.4 Å². The van der Waals surface area contributed by atoms with Gasteiger partial charge in [0.05, 0.1) is 10.6 Å². The Hall–Kier alpha value is -4.10. The Morgan fingerprint density at radius 3 is 2.17 bits per heavy atom. The number of anilines is 2. The molecule has 0 radical (unpaired) electrons. The van der Waals surface area contributed by atoms with Crippen molar-refractivity contribution in [2.24, 2.45) is 0 Å². The first-order chi connectivity index (χ1) is 17.0. The van der Waals surface area contributed by atoms with Gasteiger partial charge in [0.15, 0.2) is 0 Å². The Labute approximate surface area is 204 Å². The van der Waals surface area contributed by atoms with Crippen LogP contribution in [0.2, 0.25) is 0 Å². The van der Waals surface area contributed by atoms with E-state index < -0.39 is 10.0 Å². The molecule has 35 heavy (non-hydrogen) atoms. The van der Waals surface area contributed by atoms with Gasteiger partial charge in [-0.15, -0.1) is 0 Å². The second kappa shape index (κ2) is 9.64. The van der Waals surface area contributed by atoms with E-state index >= 15 is 0 Å². The molecule has 1 aliphatic rings. The number of aryl methyl sites for hydroxylation is 1. The highest BCUT2D eigenvalue weighted by Crippen LogP contribution is 2.34. The van der Waals surface area contributed by atoms with Crippen LogP contribution in [0.1, 0.15) is 22.3 Å². The molecule has 1 N–H and O–H groups in total. The maximum atomic E-state index is 13.3. The fraction of sp³-hybridized carbons (Fsp3) is 0.107. The third kappa shape index (κ3) is 4.90. The molecule has 1 amide bonds. The summed E-state index contributed by atoms with van der Waals surface area (Å²) in [5, 5.41) is 2.89. The van der Waals surface area contributed by atoms with Crippen LogP contribution in [0.5, 0.6) is 11.5 Å². The van der Waals surface area contributed by atoms with Crippen molar-refractivity contribution in [2.45, 2.75) is 17.7 Å². The number of rotatable bonds is 6. The lowest BCUT2D eigenvalue weighted by atomic mass is 10.0. The summed E-state index contributed by atoms with van der Waals surface area (Å²) < 4.78 is 33.8. The average molecular weight is 485 g/mol. The largest absolute Gasteiger partial charge is 0.457 e. The lowest BCUT2D eigenvalue weighted by molar-refractivity contribution is 0.102. The van der Waals surface area contributed by atoms with E-state index in [2.05, 4.69) is 5.32 Å². The molecule has 0 aromatic heterocycles. The summed E-state index contributed by atoms with van der Waals surface area (Å²) in [5.41, 5.74) is 2.55. The first-order valence-corrected chi connectivity index (χ1v) is 12.8. The van der Waals surface area contributed by atoms with Crippen molar-refractivity contribution in [3.05, 3.63) is 114 Å². The minimum atomic E-state index is -3.70. The smallest absolute Gasteiger partial charge is 0.264 e. The normalized spacial score (nSPS) is 13.1. The Morgan fingerprint density at radius 1 is 0.800 bits per heavy atom. The number of carbonyl (C=O) groups excluding carboxylic acids is 1. The monoisotopic (exact) mass is 484 g/mol. The van der Waals surface area contributed by atoms with Gasteiger partial charge in [0, 0.05) is 17.8 Å². The lowest BCUT2D eigenvalue weighted by Crippen LogP contribution is -2.35. The zero-order valence-corrected chi connectivity index (χ0v) is 19.7. The first-order valence-electron chi connectivity index (χ1n) is 11.4. The van der Waals surface area contributed by atoms with Crippen LogP contribution in [-0.4, -0.2) is 20.9 Å². The molecule has 0 atom stereocenters. The van der Waals surface area contributed by atoms with E-state index in [0.717, 1.165) is 18.4 Å². The van der Waals surface area contributed by atoms with Gasteiger partial charge in [0.2, 0.25) is 0 Å². The Kier molecular flexibility index (Phi) is 6.25. The zero-order chi connectivity index (χ0) is 24.3. The van der Waals surface area contributed by atoms with Crippen molar-refractivity contribution < 1.29 is 17.9 Å². The van der Waals surface area contributed by atoms with Gasteiger partial charge in [0.1, 0.15) is 11.5 Å². The maximum absolute atomic E-state index is 13.3. The van der Waals surface area contributed by atoms with Crippen LogP contribution >= 0.6 is 0 Å². The molecule has 0 fully saturated rings. The molecule has 1 aliphatic heterocycles. The molecule has 4 aromatic rings. The molecule has 0 saturated carbocycles. The highest BCUT2D eigenvalue weighted by molar-refractivity contribution is 7.92. The van der Waals surface area contributed by atoms with Gasteiger partial charge < -0.3 is 10.1 Å². The molecule has 0 bridgehead atoms. The van der Waals surface area contributed by atoms with E-state index in [9.17, 15) is 13.2 Å². The Balaban J connectivity index is 1.34. The second-order valence-corrected chi connectivity index (χ2v) is 10.1. The van der Waals surface area contributed by atoms with Gasteiger partial charge in [-0.25, -0.2) is 8.42 Å². The van der Waals surface area contributed by atoms with Crippen LogP contribution < -0.4 is 14.4 Å². The summed E-state index contributed by atoms with van der Waals surface area (Å²) in [6.45, 7) is 0.393. The number of hydrogen-bond donors (Lipinski definition) is 1. The molecule has 0 spiro atoms. The zero-order valence-electron chi connectivity index (χ0n) is 18.9. The van der Waals surface area contributed by atoms with E-state index in [1.807, 2.05) is 42.5 Å². The number of amides is 1. The maximum Gasteiger partial charge on any atom is 0.264 e. The van der Waals surface area contributed by atoms with E-state index in [-0.39, 0.29) is 10.8 Å². The minimum absolute atomic E-state index is 0.250. The number of fused-ring (bicyclic) bond motifs is 1. The van der Waals surface area contributed by atoms with Gasteiger partial charge in [0.25, 0.3) is 15.9 Å². The quantitative estimate of drug-likeness (QED) is 0.371. The fourth-order valence-electron chi connectivity index (χ4n) is 4.09. The number of ether oxygens (including phenoxy) is 1. The fourth-order valence-corrected chi connectivity index (χ4v) is 5.64. The van der Waals surface area contributed by atoms with E-state index in [1.54, 1.807) is 60.7 Å². The van der Waals surface area contributed by atoms with Crippen LogP contribution in [0, 0.1) is 0 Å². The lowest BCUT2D eigenvalue weighted by Gasteiger charge is -2.31. The molecular weight excluding hydrogens is 460 g/mol. The summed E-state index contributed by atoms with van der Waals surface area (Å²) in [4.78, 5) is 13.1. The van der Waals surface area contributed by atoms with Crippen molar-refractivity contribution >= 4 is 27.3 Å². The molecule has 5 rings (SSSR count). The molecule has 7 heteroatoms. The highest BCUT2D eigenvalue weighted by Gasteiger charge is 2.29. The van der Waals surface area contributed by atoms with Crippen molar-refractivity contribution in [1.29, 1.82) is 0 Å². The number of carbonyl (C=O) groups is 1. The summed E-state index contributed by atoms with van der Waals surface area (Å²) in [7, 11) is -3.70. The van der Waals surface area contributed by atoms with E-state index in [1.165, 1.54) is 4.31 Å². The molecule has 1 heterocycles. The van der Waals surface area contributed by atoms with Crippen LogP contribution in [0.15, 0.2) is 108 Å². The number of nitrogens with zero attached hydrogens (tertiary/aromatic N) is 1. The molecular formula is C28H24N2O4S. The number of nitrogens with one attached hydrogen (secondary N) is 1. The topological polar surface area (TPSA) is 75.7 Å². The third-order valence-corrected chi connectivity index (χ3v) is 7.67. The molecule has 6 nitrogen and oxygen atoms in total. The Morgan fingerprint density at radius 2 is 1.46 bits per heavy atom.